The van der Waals surface area contributed by atoms with Crippen LogP contribution >= 0.6 is 0 Å². The summed E-state index contributed by atoms with van der Waals surface area (Å²) in [6.07, 6.45) is -2.69. The number of carbonyl (C=O) groups excluding carboxylic acids is 1. The number of alkyl halides is 2. The number of halogens is 3. The zero-order valence-corrected chi connectivity index (χ0v) is 22.0. The number of fused-ring (bicyclic) bond motifs is 2. The van der Waals surface area contributed by atoms with Gasteiger partial charge in [-0.15, -0.1) is 8.78 Å². The molecule has 1 aromatic heterocycles. The number of likely N-dealkylation sites (N-methyl/N-ethyl adjacent to an activating group) is 1. The van der Waals surface area contributed by atoms with Gasteiger partial charge >= 0.3 is 6.29 Å². The van der Waals surface area contributed by atoms with Crippen LogP contribution in [-0.4, -0.2) is 48.9 Å². The second-order valence-corrected chi connectivity index (χ2v) is 12.2. The highest BCUT2D eigenvalue weighted by Crippen LogP contribution is 2.52. The van der Waals surface area contributed by atoms with E-state index in [0.717, 1.165) is 34.2 Å². The van der Waals surface area contributed by atoms with Gasteiger partial charge in [-0.2, -0.15) is 0 Å². The van der Waals surface area contributed by atoms with Gasteiger partial charge < -0.3 is 23.8 Å². The lowest BCUT2D eigenvalue weighted by Crippen LogP contribution is -2.38. The van der Waals surface area contributed by atoms with E-state index < -0.39 is 17.5 Å². The normalized spacial score (nSPS) is 17.8. The molecular weight excluding hydrogens is 483 g/mol. The Labute approximate surface area is 214 Å². The summed E-state index contributed by atoms with van der Waals surface area (Å²) in [7, 11) is 6.36. The van der Waals surface area contributed by atoms with Gasteiger partial charge in [-0.25, -0.2) is 4.39 Å². The van der Waals surface area contributed by atoms with Gasteiger partial charge in [0.05, 0.1) is 50.9 Å². The Hall–Kier alpha value is -3.20. The van der Waals surface area contributed by atoms with E-state index >= 15 is 4.39 Å². The van der Waals surface area contributed by atoms with Crippen molar-refractivity contribution in [3.63, 3.8) is 0 Å². The van der Waals surface area contributed by atoms with E-state index in [1.54, 1.807) is 12.1 Å². The Morgan fingerprint density at radius 1 is 1.05 bits per heavy atom. The number of benzene rings is 2. The Morgan fingerprint density at radius 3 is 2.35 bits per heavy atom. The zero-order valence-electron chi connectivity index (χ0n) is 22.0. The monoisotopic (exact) mass is 516 g/mol. The van der Waals surface area contributed by atoms with Crippen molar-refractivity contribution in [2.24, 2.45) is 0 Å². The lowest BCUT2D eigenvalue weighted by atomic mass is 9.92. The average molecular weight is 517 g/mol. The molecule has 0 bridgehead atoms. The summed E-state index contributed by atoms with van der Waals surface area (Å²) in [6, 6.07) is 9.59. The van der Waals surface area contributed by atoms with Gasteiger partial charge in [0.2, 0.25) is 5.91 Å². The van der Waals surface area contributed by atoms with Crippen molar-refractivity contribution in [3.8, 4) is 11.5 Å². The molecule has 198 valence electrons. The second kappa shape index (κ2) is 8.15. The molecule has 2 heterocycles. The number of hydrogen-bond donors (Lipinski definition) is 1. The van der Waals surface area contributed by atoms with Crippen molar-refractivity contribution in [1.82, 2.24) is 4.57 Å². The highest BCUT2D eigenvalue weighted by atomic mass is 19.3. The number of aromatic nitrogens is 1. The number of amides is 1. The molecule has 0 radical (unpaired) electrons. The molecule has 5 rings (SSSR count). The van der Waals surface area contributed by atoms with Crippen molar-refractivity contribution >= 4 is 22.5 Å². The number of nitrogens with one attached hydrogen (secondary N) is 1. The summed E-state index contributed by atoms with van der Waals surface area (Å²) in [6.45, 7) is 7.98. The molecule has 37 heavy (non-hydrogen) atoms. The van der Waals surface area contributed by atoms with Gasteiger partial charge in [0, 0.05) is 22.6 Å². The van der Waals surface area contributed by atoms with Gasteiger partial charge in [0.15, 0.2) is 11.5 Å². The first-order valence-electron chi connectivity index (χ1n) is 12.4. The van der Waals surface area contributed by atoms with Crippen molar-refractivity contribution in [3.05, 3.63) is 53.5 Å². The van der Waals surface area contributed by atoms with Gasteiger partial charge in [-0.1, -0.05) is 26.8 Å². The van der Waals surface area contributed by atoms with Gasteiger partial charge in [-0.05, 0) is 42.7 Å². The Kier molecular flexibility index (Phi) is 5.60. The first-order valence-corrected chi connectivity index (χ1v) is 12.4. The number of quaternary nitrogens is 1. The Morgan fingerprint density at radius 2 is 1.73 bits per heavy atom. The first kappa shape index (κ1) is 25.4. The second-order valence-electron chi connectivity index (χ2n) is 12.2. The molecule has 9 heteroatoms. The summed E-state index contributed by atoms with van der Waals surface area (Å²) in [5.74, 6) is -1.09. The Bertz CT molecular complexity index is 1400. The third kappa shape index (κ3) is 4.77. The van der Waals surface area contributed by atoms with Crippen LogP contribution in [0, 0.1) is 5.82 Å². The van der Waals surface area contributed by atoms with Crippen LogP contribution in [0.2, 0.25) is 0 Å². The molecule has 2 aliphatic rings. The standard InChI is InChI=1S/C28H32F3N3O3/c1-26(2,3)24-14-17-13-20(19(29)16-21(17)33(24)11-12-34(4,5)6)32-25(35)27(9-10-27)18-7-8-22-23(15-18)37-28(30,31)36-22/h7-8,13-16H,9-12H2,1-6H3/p+1. The average Bonchev–Trinajstić information content (AvgIpc) is 3.40. The number of anilines is 1. The zero-order chi connectivity index (χ0) is 27.0. The van der Waals surface area contributed by atoms with Crippen LogP contribution in [0.5, 0.6) is 11.5 Å². The van der Waals surface area contributed by atoms with E-state index in [1.807, 2.05) is 0 Å². The molecule has 1 fully saturated rings. The molecule has 1 amide bonds. The number of hydrogen-bond acceptors (Lipinski definition) is 3. The topological polar surface area (TPSA) is 52.5 Å². The lowest BCUT2D eigenvalue weighted by molar-refractivity contribution is -0.870. The highest BCUT2D eigenvalue weighted by Gasteiger charge is 2.53. The number of ether oxygens (including phenoxy) is 2. The number of rotatable bonds is 6. The number of carbonyl (C=O) groups is 1. The minimum atomic E-state index is -3.73. The van der Waals surface area contributed by atoms with Crippen LogP contribution in [0.25, 0.3) is 10.9 Å². The van der Waals surface area contributed by atoms with Crippen LogP contribution in [-0.2, 0) is 22.2 Å². The number of nitrogens with zero attached hydrogens (tertiary/aromatic N) is 2. The van der Waals surface area contributed by atoms with Crippen LogP contribution in [0.15, 0.2) is 36.4 Å². The first-order chi connectivity index (χ1) is 17.1. The predicted molar refractivity (Wildman–Crippen MR) is 136 cm³/mol. The van der Waals surface area contributed by atoms with Gasteiger partial charge in [-0.3, -0.25) is 4.79 Å². The molecule has 1 aliphatic heterocycles. The van der Waals surface area contributed by atoms with Crippen LogP contribution in [0.4, 0.5) is 18.9 Å². The maximum absolute atomic E-state index is 15.4. The fourth-order valence-corrected chi connectivity index (χ4v) is 4.90. The third-order valence-corrected chi connectivity index (χ3v) is 7.14. The SMILES string of the molecule is CC(C)(C)c1cc2cc(NC(=O)C3(c4ccc5c(c4)OC(F)(F)O5)CC3)c(F)cc2n1CC[N+](C)(C)C. The van der Waals surface area contributed by atoms with Crippen molar-refractivity contribution < 1.29 is 31.9 Å². The van der Waals surface area contributed by atoms with E-state index in [4.69, 9.17) is 0 Å². The van der Waals surface area contributed by atoms with E-state index in [1.165, 1.54) is 18.2 Å². The molecule has 0 atom stereocenters. The maximum Gasteiger partial charge on any atom is 0.586 e. The molecule has 1 saturated carbocycles. The maximum atomic E-state index is 15.4. The van der Waals surface area contributed by atoms with Crippen molar-refractivity contribution in [2.45, 2.75) is 57.3 Å². The lowest BCUT2D eigenvalue weighted by Gasteiger charge is -2.27. The molecule has 6 nitrogen and oxygen atoms in total. The van der Waals surface area contributed by atoms with E-state index in [0.29, 0.717) is 18.4 Å². The molecule has 1 aliphatic carbocycles. The molecular formula is C28H33F3N3O3+. The largest absolute Gasteiger partial charge is 0.586 e. The van der Waals surface area contributed by atoms with Gasteiger partial charge in [0.25, 0.3) is 0 Å². The van der Waals surface area contributed by atoms with Crippen molar-refractivity contribution in [2.75, 3.05) is 33.0 Å². The van der Waals surface area contributed by atoms with Crippen LogP contribution in [0.3, 0.4) is 0 Å². The smallest absolute Gasteiger partial charge is 0.395 e. The molecule has 0 unspecified atom stereocenters. The van der Waals surface area contributed by atoms with Gasteiger partial charge in [0.1, 0.15) is 5.82 Å². The summed E-state index contributed by atoms with van der Waals surface area (Å²) < 4.78 is 54.2. The molecule has 2 aromatic carbocycles. The van der Waals surface area contributed by atoms with Crippen LogP contribution < -0.4 is 14.8 Å². The predicted octanol–water partition coefficient (Wildman–Crippen LogP) is 5.78. The van der Waals surface area contributed by atoms with E-state index in [-0.39, 0.29) is 28.5 Å². The molecule has 0 spiro atoms. The molecule has 0 saturated heterocycles. The summed E-state index contributed by atoms with van der Waals surface area (Å²) >= 11 is 0. The minimum absolute atomic E-state index is 0.0779. The van der Waals surface area contributed by atoms with E-state index in [2.05, 4.69) is 67.3 Å². The summed E-state index contributed by atoms with van der Waals surface area (Å²) in [4.78, 5) is 13.4. The Balaban J connectivity index is 1.45. The third-order valence-electron chi connectivity index (χ3n) is 7.14. The minimum Gasteiger partial charge on any atom is -0.395 e. The highest BCUT2D eigenvalue weighted by molar-refractivity contribution is 6.02. The quantitative estimate of drug-likeness (QED) is 0.423. The summed E-state index contributed by atoms with van der Waals surface area (Å²) in [5, 5.41) is 3.61. The molecule has 3 aromatic rings. The molecule has 1 N–H and O–H groups in total. The fourth-order valence-electron chi connectivity index (χ4n) is 4.90. The van der Waals surface area contributed by atoms with Crippen LogP contribution in [0.1, 0.15) is 44.9 Å². The van der Waals surface area contributed by atoms with Crippen molar-refractivity contribution in [1.29, 1.82) is 0 Å². The summed E-state index contributed by atoms with van der Waals surface area (Å²) in [5.41, 5.74) is 1.43. The fraction of sp³-hybridized carbons (Fsp3) is 0.464. The van der Waals surface area contributed by atoms with E-state index in [9.17, 15) is 13.6 Å².